The number of aromatic nitrogens is 4. The number of carbonyl (C=O) groups excluding carboxylic acids is 1. The quantitative estimate of drug-likeness (QED) is 0.274. The summed E-state index contributed by atoms with van der Waals surface area (Å²) >= 11 is 0. The van der Waals surface area contributed by atoms with Crippen molar-refractivity contribution in [1.82, 2.24) is 25.1 Å². The number of H-pyrrole nitrogens is 1. The van der Waals surface area contributed by atoms with E-state index in [0.717, 1.165) is 59.1 Å². The third-order valence-corrected chi connectivity index (χ3v) is 8.17. The van der Waals surface area contributed by atoms with E-state index in [9.17, 15) is 18.0 Å². The maximum Gasteiger partial charge on any atom is 0.416 e. The van der Waals surface area contributed by atoms with Crippen molar-refractivity contribution in [1.29, 1.82) is 0 Å². The van der Waals surface area contributed by atoms with Crippen molar-refractivity contribution in [2.24, 2.45) is 11.3 Å². The number of imidazole rings is 1. The molecule has 0 amide bonds. The number of rotatable bonds is 6. The van der Waals surface area contributed by atoms with Crippen LogP contribution in [0.3, 0.4) is 0 Å². The highest BCUT2D eigenvalue weighted by molar-refractivity contribution is 5.90. The van der Waals surface area contributed by atoms with Gasteiger partial charge in [-0.25, -0.2) is 4.98 Å². The number of carbonyl (C=O) groups is 1. The Kier molecular flexibility index (Phi) is 5.42. The van der Waals surface area contributed by atoms with Gasteiger partial charge in [-0.1, -0.05) is 30.3 Å². The Morgan fingerprint density at radius 1 is 1.00 bits per heavy atom. The van der Waals surface area contributed by atoms with Gasteiger partial charge in [0.1, 0.15) is 11.6 Å². The molecule has 3 heterocycles. The summed E-state index contributed by atoms with van der Waals surface area (Å²) in [7, 11) is 0. The van der Waals surface area contributed by atoms with Crippen molar-refractivity contribution in [3.8, 4) is 22.5 Å². The molecule has 0 radical (unpaired) electrons. The number of benzene rings is 3. The minimum atomic E-state index is -4.46. The van der Waals surface area contributed by atoms with Gasteiger partial charge >= 0.3 is 6.18 Å². The molecule has 0 bridgehead atoms. The van der Waals surface area contributed by atoms with Gasteiger partial charge in [0, 0.05) is 30.0 Å². The van der Waals surface area contributed by atoms with Crippen molar-refractivity contribution in [3.63, 3.8) is 0 Å². The topological polar surface area (TPSA) is 75.6 Å². The summed E-state index contributed by atoms with van der Waals surface area (Å²) in [4.78, 5) is 18.2. The van der Waals surface area contributed by atoms with Crippen molar-refractivity contribution in [2.45, 2.75) is 32.0 Å². The van der Waals surface area contributed by atoms with E-state index in [2.05, 4.69) is 21.6 Å². The number of alkyl halides is 3. The van der Waals surface area contributed by atoms with Gasteiger partial charge in [0.15, 0.2) is 0 Å². The van der Waals surface area contributed by atoms with Gasteiger partial charge in [-0.05, 0) is 67.3 Å². The molecule has 7 rings (SSSR count). The highest BCUT2D eigenvalue weighted by Gasteiger charge is 2.48. The van der Waals surface area contributed by atoms with Crippen LogP contribution in [0.4, 0.5) is 13.2 Å². The molecule has 0 spiro atoms. The first kappa shape index (κ1) is 24.1. The van der Waals surface area contributed by atoms with Crippen molar-refractivity contribution in [2.75, 3.05) is 13.1 Å². The second-order valence-electron chi connectivity index (χ2n) is 10.8. The monoisotopic (exact) mass is 529 g/mol. The first-order chi connectivity index (χ1) is 18.8. The normalized spacial score (nSPS) is 19.8. The van der Waals surface area contributed by atoms with Crippen molar-refractivity contribution >= 4 is 27.7 Å². The molecular formula is C30H26F3N5O. The molecule has 6 nitrogen and oxygen atoms in total. The fourth-order valence-corrected chi connectivity index (χ4v) is 5.87. The molecule has 2 aliphatic rings. The SMILES string of the molecule is O=C(C1CC1)[C@@]1(Cn2c(-c3ccc(-c4ccc5[nH]ncc5c4)cc3)nc3cc(C(F)(F)F)ccc32)CCNC1. The molecule has 1 saturated carbocycles. The van der Waals surface area contributed by atoms with Crippen molar-refractivity contribution in [3.05, 3.63) is 72.4 Å². The number of nitrogens with one attached hydrogen (secondary N) is 2. The lowest BCUT2D eigenvalue weighted by molar-refractivity contribution is -0.137. The number of nitrogens with zero attached hydrogens (tertiary/aromatic N) is 3. The van der Waals surface area contributed by atoms with E-state index in [4.69, 9.17) is 4.98 Å². The fourth-order valence-electron chi connectivity index (χ4n) is 5.87. The number of ketones is 1. The zero-order valence-electron chi connectivity index (χ0n) is 21.1. The molecule has 0 unspecified atom stereocenters. The first-order valence-corrected chi connectivity index (χ1v) is 13.2. The molecule has 39 heavy (non-hydrogen) atoms. The number of halogens is 3. The smallest absolute Gasteiger partial charge is 0.323 e. The highest BCUT2D eigenvalue weighted by Crippen LogP contribution is 2.43. The summed E-state index contributed by atoms with van der Waals surface area (Å²) in [5.41, 5.74) is 3.33. The zero-order chi connectivity index (χ0) is 26.8. The van der Waals surface area contributed by atoms with Crippen LogP contribution in [0.5, 0.6) is 0 Å². The molecule has 3 aromatic carbocycles. The molecule has 1 aliphatic carbocycles. The highest BCUT2D eigenvalue weighted by atomic mass is 19.4. The molecule has 2 fully saturated rings. The average Bonchev–Trinajstić information content (AvgIpc) is 3.32. The predicted octanol–water partition coefficient (Wildman–Crippen LogP) is 6.22. The number of hydrogen-bond acceptors (Lipinski definition) is 4. The Balaban J connectivity index is 1.32. The van der Waals surface area contributed by atoms with E-state index in [-0.39, 0.29) is 17.2 Å². The van der Waals surface area contributed by atoms with E-state index in [0.29, 0.717) is 30.9 Å². The average molecular weight is 530 g/mol. The van der Waals surface area contributed by atoms with Gasteiger partial charge in [-0.2, -0.15) is 18.3 Å². The summed E-state index contributed by atoms with van der Waals surface area (Å²) in [5.74, 6) is 0.917. The number of hydrogen-bond donors (Lipinski definition) is 2. The Labute approximate surface area is 222 Å². The molecule has 1 saturated heterocycles. The lowest BCUT2D eigenvalue weighted by Gasteiger charge is -2.28. The second-order valence-corrected chi connectivity index (χ2v) is 10.8. The van der Waals surface area contributed by atoms with E-state index in [1.165, 1.54) is 6.07 Å². The molecule has 9 heteroatoms. The Hall–Kier alpha value is -3.98. The Morgan fingerprint density at radius 2 is 1.77 bits per heavy atom. The minimum absolute atomic E-state index is 0.0896. The molecule has 1 aliphatic heterocycles. The largest absolute Gasteiger partial charge is 0.416 e. The molecule has 198 valence electrons. The van der Waals surface area contributed by atoms with Crippen LogP contribution in [0.15, 0.2) is 66.9 Å². The maximum atomic E-state index is 13.5. The van der Waals surface area contributed by atoms with Gasteiger partial charge in [-0.3, -0.25) is 9.89 Å². The van der Waals surface area contributed by atoms with Gasteiger partial charge < -0.3 is 9.88 Å². The Morgan fingerprint density at radius 3 is 2.49 bits per heavy atom. The van der Waals surface area contributed by atoms with Gasteiger partial charge in [0.2, 0.25) is 0 Å². The molecule has 2 N–H and O–H groups in total. The van der Waals surface area contributed by atoms with Crippen LogP contribution >= 0.6 is 0 Å². The fraction of sp³-hybridized carbons (Fsp3) is 0.300. The van der Waals surface area contributed by atoms with Gasteiger partial charge in [0.25, 0.3) is 0 Å². The molecule has 2 aromatic heterocycles. The standard InChI is InChI=1S/C30H26F3N5O/c31-30(32,33)23-8-10-26-25(14-23)36-28(38(26)17-29(11-12-34-16-29)27(39)19-3-4-19)20-5-1-18(2-6-20)21-7-9-24-22(13-21)15-35-37-24/h1-2,5-10,13-15,19,34H,3-4,11-12,16-17H2,(H,35,37)/t29-/m0/s1. The first-order valence-electron chi connectivity index (χ1n) is 13.2. The molecular weight excluding hydrogens is 503 g/mol. The summed E-state index contributed by atoms with van der Waals surface area (Å²) in [5, 5.41) is 11.4. The second kappa shape index (κ2) is 8.77. The number of Topliss-reactive ketones (excluding diaryl/α,β-unsaturated/α-hetero) is 1. The lowest BCUT2D eigenvalue weighted by Crippen LogP contribution is -2.39. The number of fused-ring (bicyclic) bond motifs is 2. The number of aromatic amines is 1. The summed E-state index contributed by atoms with van der Waals surface area (Å²) in [6.07, 6.45) is -0.147. The van der Waals surface area contributed by atoms with E-state index >= 15 is 0 Å². The van der Waals surface area contributed by atoms with Crippen LogP contribution in [-0.4, -0.2) is 38.6 Å². The molecule has 1 atom stereocenters. The lowest BCUT2D eigenvalue weighted by atomic mass is 9.80. The van der Waals surface area contributed by atoms with Gasteiger partial charge in [0.05, 0.1) is 33.7 Å². The van der Waals surface area contributed by atoms with Crippen LogP contribution in [0.2, 0.25) is 0 Å². The van der Waals surface area contributed by atoms with Crippen LogP contribution in [-0.2, 0) is 17.5 Å². The van der Waals surface area contributed by atoms with E-state index in [1.54, 1.807) is 6.20 Å². The summed E-state index contributed by atoms with van der Waals surface area (Å²) in [6, 6.07) is 17.6. The minimum Gasteiger partial charge on any atom is -0.323 e. The van der Waals surface area contributed by atoms with E-state index < -0.39 is 17.2 Å². The van der Waals surface area contributed by atoms with Crippen LogP contribution < -0.4 is 5.32 Å². The third-order valence-electron chi connectivity index (χ3n) is 8.17. The molecule has 5 aromatic rings. The zero-order valence-corrected chi connectivity index (χ0v) is 21.1. The van der Waals surface area contributed by atoms with Crippen LogP contribution in [0, 0.1) is 11.3 Å². The van der Waals surface area contributed by atoms with Crippen LogP contribution in [0.1, 0.15) is 24.8 Å². The van der Waals surface area contributed by atoms with E-state index in [1.807, 2.05) is 41.0 Å². The van der Waals surface area contributed by atoms with Gasteiger partial charge in [-0.15, -0.1) is 0 Å². The van der Waals surface area contributed by atoms with Crippen LogP contribution in [0.25, 0.3) is 44.5 Å². The Bertz CT molecular complexity index is 1710. The predicted molar refractivity (Wildman–Crippen MR) is 143 cm³/mol. The summed E-state index contributed by atoms with van der Waals surface area (Å²) in [6.45, 7) is 1.69. The van der Waals surface area contributed by atoms with Crippen molar-refractivity contribution < 1.29 is 18.0 Å². The maximum absolute atomic E-state index is 13.5. The third kappa shape index (κ3) is 4.21. The summed E-state index contributed by atoms with van der Waals surface area (Å²) < 4.78 is 42.5.